The first-order valence-corrected chi connectivity index (χ1v) is 14.5. The van der Waals surface area contributed by atoms with Crippen molar-refractivity contribution in [3.8, 4) is 0 Å². The van der Waals surface area contributed by atoms with Crippen LogP contribution in [0, 0.1) is 50.7 Å². The first-order chi connectivity index (χ1) is 16.5. The molecule has 7 aliphatic rings. The molecule has 202 valence electrons. The van der Waals surface area contributed by atoms with Crippen molar-refractivity contribution in [3.63, 3.8) is 0 Å². The first kappa shape index (κ1) is 24.5. The van der Waals surface area contributed by atoms with Crippen molar-refractivity contribution in [2.45, 2.75) is 129 Å². The highest BCUT2D eigenvalue weighted by molar-refractivity contribution is 5.89. The maximum Gasteiger partial charge on any atom is 0.200 e. The molecule has 0 radical (unpaired) electrons. The van der Waals surface area contributed by atoms with Gasteiger partial charge in [-0.2, -0.15) is 0 Å². The fourth-order valence-corrected chi connectivity index (χ4v) is 12.4. The Hall–Kier alpha value is -0.530. The predicted octanol–water partition coefficient (Wildman–Crippen LogP) is 3.84. The number of aliphatic hydroxyl groups is 3. The average Bonchev–Trinajstić information content (AvgIpc) is 3.27. The van der Waals surface area contributed by atoms with E-state index in [0.29, 0.717) is 12.3 Å². The fourth-order valence-electron chi connectivity index (χ4n) is 12.4. The lowest BCUT2D eigenvalue weighted by atomic mass is 9.41. The minimum absolute atomic E-state index is 0.0883. The molecule has 13 atom stereocenters. The van der Waals surface area contributed by atoms with Gasteiger partial charge in [0.1, 0.15) is 18.0 Å². The van der Waals surface area contributed by atoms with Crippen molar-refractivity contribution < 1.29 is 29.6 Å². The Kier molecular flexibility index (Phi) is 4.38. The van der Waals surface area contributed by atoms with Crippen molar-refractivity contribution in [1.29, 1.82) is 0 Å². The Balaban J connectivity index is 1.36. The minimum Gasteiger partial charge on any atom is -0.393 e. The number of fused-ring (bicyclic) bond motifs is 4. The number of ether oxygens (including phenoxy) is 2. The first-order valence-electron chi connectivity index (χ1n) is 14.5. The van der Waals surface area contributed by atoms with Crippen LogP contribution < -0.4 is 0 Å². The third kappa shape index (κ3) is 2.24. The zero-order valence-corrected chi connectivity index (χ0v) is 23.1. The molecule has 0 unspecified atom stereocenters. The number of ketones is 1. The van der Waals surface area contributed by atoms with Crippen LogP contribution in [-0.2, 0) is 14.3 Å². The second-order valence-electron chi connectivity index (χ2n) is 15.8. The van der Waals surface area contributed by atoms with Crippen LogP contribution >= 0.6 is 0 Å². The highest BCUT2D eigenvalue weighted by Gasteiger charge is 2.90. The van der Waals surface area contributed by atoms with Crippen LogP contribution in [0.15, 0.2) is 0 Å². The van der Waals surface area contributed by atoms with Gasteiger partial charge >= 0.3 is 0 Å². The van der Waals surface area contributed by atoms with Crippen LogP contribution in [0.5, 0.6) is 0 Å². The molecule has 2 heterocycles. The van der Waals surface area contributed by atoms with Gasteiger partial charge in [-0.25, -0.2) is 0 Å². The highest BCUT2D eigenvalue weighted by atomic mass is 16.8. The summed E-state index contributed by atoms with van der Waals surface area (Å²) in [4.78, 5) is 14.6. The Morgan fingerprint density at radius 1 is 0.972 bits per heavy atom. The quantitative estimate of drug-likeness (QED) is 0.504. The van der Waals surface area contributed by atoms with E-state index in [0.717, 1.165) is 38.5 Å². The Morgan fingerprint density at radius 3 is 2.31 bits per heavy atom. The SMILES string of the molecule is C[C@@H]1C[C@@H]2O[C@@]3(O[C@H]2C(C)(C)O)[C@H](O)[C@@]2(C)[C@@H]4CC[C@H]5C(C)(C)[C@@H](O)CC[C@@]56C[C@]46CC(=O)[C@]2(C)[C@@H]13. The summed E-state index contributed by atoms with van der Waals surface area (Å²) >= 11 is 0. The number of carbonyl (C=O) groups is 1. The molecule has 5 aliphatic carbocycles. The Morgan fingerprint density at radius 2 is 1.64 bits per heavy atom. The third-order valence-electron chi connectivity index (χ3n) is 14.0. The van der Waals surface area contributed by atoms with Crippen molar-refractivity contribution in [2.75, 3.05) is 0 Å². The van der Waals surface area contributed by atoms with Gasteiger partial charge in [0.25, 0.3) is 0 Å². The lowest BCUT2D eigenvalue weighted by Gasteiger charge is -2.62. The van der Waals surface area contributed by atoms with E-state index in [-0.39, 0.29) is 52.0 Å². The normalized spacial score (nSPS) is 62.6. The maximum absolute atomic E-state index is 14.6. The van der Waals surface area contributed by atoms with E-state index >= 15 is 0 Å². The molecule has 7 fully saturated rings. The zero-order chi connectivity index (χ0) is 26.1. The van der Waals surface area contributed by atoms with Crippen LogP contribution in [0.4, 0.5) is 0 Å². The molecule has 2 saturated heterocycles. The molecular weight excluding hydrogens is 456 g/mol. The van der Waals surface area contributed by atoms with E-state index in [1.807, 2.05) is 0 Å². The Labute approximate surface area is 215 Å². The molecule has 7 rings (SSSR count). The number of hydrogen-bond acceptors (Lipinski definition) is 6. The molecule has 3 N–H and O–H groups in total. The van der Waals surface area contributed by atoms with Gasteiger partial charge in [-0.05, 0) is 86.4 Å². The number of hydrogen-bond donors (Lipinski definition) is 3. The van der Waals surface area contributed by atoms with Crippen LogP contribution in [0.25, 0.3) is 0 Å². The van der Waals surface area contributed by atoms with E-state index in [1.54, 1.807) is 13.8 Å². The second kappa shape index (κ2) is 6.43. The third-order valence-corrected chi connectivity index (χ3v) is 14.0. The van der Waals surface area contributed by atoms with Gasteiger partial charge in [0.2, 0.25) is 0 Å². The maximum atomic E-state index is 14.6. The summed E-state index contributed by atoms with van der Waals surface area (Å²) in [5, 5.41) is 34.3. The summed E-state index contributed by atoms with van der Waals surface area (Å²) in [6.45, 7) is 14.4. The molecule has 5 saturated carbocycles. The summed E-state index contributed by atoms with van der Waals surface area (Å²) < 4.78 is 13.3. The van der Waals surface area contributed by atoms with Crippen LogP contribution in [0.1, 0.15) is 93.4 Å². The van der Waals surface area contributed by atoms with Crippen molar-refractivity contribution in [3.05, 3.63) is 0 Å². The molecule has 6 nitrogen and oxygen atoms in total. The standard InChI is InChI=1S/C30H46O6/c1-15-12-16-22(25(4,5)34)36-30(35-16)21(15)27(7)20(32)13-29-14-28(29)11-10-19(31)24(2,3)17(28)8-9-18(29)26(27,6)23(30)33/h15-19,21-23,31,33-34H,8-14H2,1-7H3/t15-,16+,17+,18+,19+,21-,22-,23-,26-,27-,28-,29-,30+/m1/s1. The number of aliphatic hydroxyl groups excluding tert-OH is 2. The second-order valence-corrected chi connectivity index (χ2v) is 15.8. The molecular formula is C30H46O6. The molecule has 2 bridgehead atoms. The molecule has 36 heavy (non-hydrogen) atoms. The summed E-state index contributed by atoms with van der Waals surface area (Å²) in [6, 6.07) is 0. The van der Waals surface area contributed by atoms with Crippen molar-refractivity contribution >= 4 is 5.78 Å². The van der Waals surface area contributed by atoms with Gasteiger partial charge < -0.3 is 24.8 Å². The van der Waals surface area contributed by atoms with E-state index in [9.17, 15) is 20.1 Å². The van der Waals surface area contributed by atoms with Crippen LogP contribution in [0.2, 0.25) is 0 Å². The minimum atomic E-state index is -1.25. The van der Waals surface area contributed by atoms with Crippen LogP contribution in [-0.4, -0.2) is 56.9 Å². The van der Waals surface area contributed by atoms with Gasteiger partial charge in [0, 0.05) is 23.2 Å². The van der Waals surface area contributed by atoms with E-state index < -0.39 is 34.4 Å². The molecule has 3 spiro atoms. The highest BCUT2D eigenvalue weighted by Crippen LogP contribution is 2.89. The van der Waals surface area contributed by atoms with Gasteiger partial charge in [-0.15, -0.1) is 0 Å². The Bertz CT molecular complexity index is 1030. The van der Waals surface area contributed by atoms with Gasteiger partial charge in [-0.3, -0.25) is 4.79 Å². The number of carbonyl (C=O) groups excluding carboxylic acids is 1. The van der Waals surface area contributed by atoms with Crippen LogP contribution in [0.3, 0.4) is 0 Å². The fraction of sp³-hybridized carbons (Fsp3) is 0.967. The molecule has 6 heteroatoms. The summed E-state index contributed by atoms with van der Waals surface area (Å²) in [5.74, 6) is -0.457. The summed E-state index contributed by atoms with van der Waals surface area (Å²) in [6.07, 6.45) is 4.09. The topological polar surface area (TPSA) is 96.2 Å². The number of rotatable bonds is 1. The molecule has 0 aromatic heterocycles. The predicted molar refractivity (Wildman–Crippen MR) is 133 cm³/mol. The van der Waals surface area contributed by atoms with E-state index in [1.165, 1.54) is 0 Å². The molecule has 0 aromatic carbocycles. The van der Waals surface area contributed by atoms with Gasteiger partial charge in [0.05, 0.1) is 17.8 Å². The lowest BCUT2D eigenvalue weighted by Crippen LogP contribution is -2.63. The summed E-state index contributed by atoms with van der Waals surface area (Å²) in [7, 11) is 0. The van der Waals surface area contributed by atoms with Gasteiger partial charge in [0.15, 0.2) is 5.79 Å². The number of Topliss-reactive ketones (excluding diaryl/α,β-unsaturated/α-hetero) is 1. The van der Waals surface area contributed by atoms with E-state index in [4.69, 9.17) is 9.47 Å². The van der Waals surface area contributed by atoms with Crippen molar-refractivity contribution in [1.82, 2.24) is 0 Å². The molecule has 2 aliphatic heterocycles. The average molecular weight is 503 g/mol. The molecule has 0 amide bonds. The lowest BCUT2D eigenvalue weighted by molar-refractivity contribution is -0.282. The largest absolute Gasteiger partial charge is 0.393 e. The summed E-state index contributed by atoms with van der Waals surface area (Å²) in [5.41, 5.74) is -2.68. The van der Waals surface area contributed by atoms with Gasteiger partial charge in [-0.1, -0.05) is 34.6 Å². The zero-order valence-electron chi connectivity index (χ0n) is 23.1. The smallest absolute Gasteiger partial charge is 0.200 e. The van der Waals surface area contributed by atoms with Crippen molar-refractivity contribution in [2.24, 2.45) is 50.7 Å². The molecule has 0 aromatic rings. The van der Waals surface area contributed by atoms with E-state index in [2.05, 4.69) is 34.6 Å². The monoisotopic (exact) mass is 502 g/mol.